The molecule has 0 unspecified atom stereocenters. The van der Waals surface area contributed by atoms with E-state index in [0.717, 1.165) is 23.2 Å². The summed E-state index contributed by atoms with van der Waals surface area (Å²) >= 11 is 6.35. The van der Waals surface area contributed by atoms with Gasteiger partial charge in [-0.1, -0.05) is 57.5 Å². The summed E-state index contributed by atoms with van der Waals surface area (Å²) in [6.07, 6.45) is 0.784. The second-order valence-electron chi connectivity index (χ2n) is 7.41. The number of hydrogen-bond donors (Lipinski definition) is 1. The number of hydrogen-bond acceptors (Lipinski definition) is 3. The quantitative estimate of drug-likeness (QED) is 0.699. The normalized spacial score (nSPS) is 13.6. The Hall–Kier alpha value is -2.20. The van der Waals surface area contributed by atoms with Crippen molar-refractivity contribution in [2.75, 3.05) is 18.5 Å². The van der Waals surface area contributed by atoms with Crippen LogP contribution in [-0.4, -0.2) is 19.1 Å². The van der Waals surface area contributed by atoms with Crippen molar-refractivity contribution in [1.82, 2.24) is 0 Å². The van der Waals surface area contributed by atoms with Gasteiger partial charge in [-0.3, -0.25) is 4.79 Å². The van der Waals surface area contributed by atoms with Crippen LogP contribution in [-0.2, 0) is 0 Å². The molecule has 0 aromatic heterocycles. The molecule has 0 aliphatic carbocycles. The topological polar surface area (TPSA) is 47.6 Å². The maximum Gasteiger partial charge on any atom is 0.255 e. The third kappa shape index (κ3) is 4.22. The zero-order valence-corrected chi connectivity index (χ0v) is 17.0. The van der Waals surface area contributed by atoms with Crippen LogP contribution >= 0.6 is 11.6 Å². The van der Waals surface area contributed by atoms with Gasteiger partial charge in [0.15, 0.2) is 11.5 Å². The van der Waals surface area contributed by atoms with Crippen molar-refractivity contribution < 1.29 is 14.3 Å². The van der Waals surface area contributed by atoms with Gasteiger partial charge in [0.25, 0.3) is 5.91 Å². The number of anilines is 1. The van der Waals surface area contributed by atoms with Gasteiger partial charge in [-0.2, -0.15) is 0 Å². The van der Waals surface area contributed by atoms with Crippen molar-refractivity contribution in [3.63, 3.8) is 0 Å². The third-order valence-electron chi connectivity index (χ3n) is 4.68. The first-order valence-corrected chi connectivity index (χ1v) is 9.79. The molecule has 0 fully saturated rings. The van der Waals surface area contributed by atoms with Crippen LogP contribution in [0.25, 0.3) is 0 Å². The highest BCUT2D eigenvalue weighted by Gasteiger charge is 2.21. The highest BCUT2D eigenvalue weighted by molar-refractivity contribution is 6.32. The van der Waals surface area contributed by atoms with Gasteiger partial charge < -0.3 is 14.8 Å². The summed E-state index contributed by atoms with van der Waals surface area (Å²) in [7, 11) is 0. The van der Waals surface area contributed by atoms with E-state index >= 15 is 0 Å². The molecule has 144 valence electrons. The Balaban J connectivity index is 1.97. The smallest absolute Gasteiger partial charge is 0.255 e. The van der Waals surface area contributed by atoms with E-state index in [-0.39, 0.29) is 5.91 Å². The third-order valence-corrected chi connectivity index (χ3v) is 4.96. The van der Waals surface area contributed by atoms with Crippen LogP contribution < -0.4 is 14.8 Å². The van der Waals surface area contributed by atoms with E-state index in [9.17, 15) is 4.79 Å². The molecule has 2 aromatic rings. The fraction of sp³-hybridized carbons (Fsp3) is 0.409. The van der Waals surface area contributed by atoms with Gasteiger partial charge >= 0.3 is 0 Å². The second-order valence-corrected chi connectivity index (χ2v) is 7.82. The van der Waals surface area contributed by atoms with E-state index in [0.29, 0.717) is 47.1 Å². The molecule has 0 atom stereocenters. The van der Waals surface area contributed by atoms with Crippen molar-refractivity contribution in [3.8, 4) is 11.5 Å². The molecule has 2 aromatic carbocycles. The monoisotopic (exact) mass is 387 g/mol. The molecule has 0 bridgehead atoms. The number of ether oxygens (including phenoxy) is 2. The SMILES string of the molecule is CC(C)c1cccc(C(C)C)c1NC(=O)c1cc(Cl)c2c(c1)OCCCO2. The van der Waals surface area contributed by atoms with Crippen LogP contribution in [0.2, 0.25) is 5.02 Å². The van der Waals surface area contributed by atoms with Crippen molar-refractivity contribution in [2.24, 2.45) is 0 Å². The van der Waals surface area contributed by atoms with Crippen LogP contribution in [0.1, 0.15) is 67.4 Å². The Kier molecular flexibility index (Phi) is 5.95. The number of nitrogens with one attached hydrogen (secondary N) is 1. The van der Waals surface area contributed by atoms with Gasteiger partial charge in [-0.25, -0.2) is 0 Å². The Morgan fingerprint density at radius 1 is 1.04 bits per heavy atom. The van der Waals surface area contributed by atoms with Crippen LogP contribution in [0.15, 0.2) is 30.3 Å². The van der Waals surface area contributed by atoms with E-state index < -0.39 is 0 Å². The molecule has 1 N–H and O–H groups in total. The number of halogens is 1. The summed E-state index contributed by atoms with van der Waals surface area (Å²) in [5.74, 6) is 1.42. The Morgan fingerprint density at radius 2 is 1.67 bits per heavy atom. The predicted molar refractivity (Wildman–Crippen MR) is 110 cm³/mol. The Morgan fingerprint density at radius 3 is 2.30 bits per heavy atom. The van der Waals surface area contributed by atoms with Gasteiger partial charge in [-0.05, 0) is 35.1 Å². The number of carbonyl (C=O) groups is 1. The molecule has 3 rings (SSSR count). The first-order valence-electron chi connectivity index (χ1n) is 9.41. The van der Waals surface area contributed by atoms with Gasteiger partial charge in [0, 0.05) is 17.7 Å². The molecule has 0 spiro atoms. The second kappa shape index (κ2) is 8.22. The Labute approximate surface area is 165 Å². The molecule has 5 heteroatoms. The van der Waals surface area contributed by atoms with Crippen molar-refractivity contribution in [3.05, 3.63) is 52.0 Å². The fourth-order valence-corrected chi connectivity index (χ4v) is 3.51. The minimum atomic E-state index is -0.206. The lowest BCUT2D eigenvalue weighted by molar-refractivity contribution is 0.102. The first-order chi connectivity index (χ1) is 12.9. The highest BCUT2D eigenvalue weighted by atomic mass is 35.5. The largest absolute Gasteiger partial charge is 0.489 e. The fourth-order valence-electron chi connectivity index (χ4n) is 3.24. The maximum atomic E-state index is 13.0. The number of fused-ring (bicyclic) bond motifs is 1. The molecule has 1 aliphatic rings. The van der Waals surface area contributed by atoms with E-state index in [2.05, 4.69) is 45.1 Å². The number of benzene rings is 2. The maximum absolute atomic E-state index is 13.0. The predicted octanol–water partition coefficient (Wildman–Crippen LogP) is 6.00. The molecule has 27 heavy (non-hydrogen) atoms. The minimum absolute atomic E-state index is 0.206. The highest BCUT2D eigenvalue weighted by Crippen LogP contribution is 2.39. The molecule has 1 aliphatic heterocycles. The van der Waals surface area contributed by atoms with E-state index in [1.54, 1.807) is 12.1 Å². The van der Waals surface area contributed by atoms with Crippen molar-refractivity contribution in [2.45, 2.75) is 46.0 Å². The van der Waals surface area contributed by atoms with E-state index in [1.165, 1.54) is 0 Å². The molecule has 1 amide bonds. The Bertz CT molecular complexity index is 819. The average molecular weight is 388 g/mol. The molecule has 0 saturated heterocycles. The molecule has 0 saturated carbocycles. The number of amides is 1. The van der Waals surface area contributed by atoms with E-state index in [4.69, 9.17) is 21.1 Å². The summed E-state index contributed by atoms with van der Waals surface area (Å²) in [5, 5.41) is 3.50. The van der Waals surface area contributed by atoms with Gasteiger partial charge in [-0.15, -0.1) is 0 Å². The minimum Gasteiger partial charge on any atom is -0.489 e. The lowest BCUT2D eigenvalue weighted by Crippen LogP contribution is -2.16. The summed E-state index contributed by atoms with van der Waals surface area (Å²) in [6.45, 7) is 9.60. The number of carbonyl (C=O) groups excluding carboxylic acids is 1. The van der Waals surface area contributed by atoms with Crippen LogP contribution in [0.5, 0.6) is 11.5 Å². The number of rotatable bonds is 4. The van der Waals surface area contributed by atoms with Crippen molar-refractivity contribution in [1.29, 1.82) is 0 Å². The molecular formula is C22H26ClNO3. The lowest BCUT2D eigenvalue weighted by Gasteiger charge is -2.20. The zero-order valence-electron chi connectivity index (χ0n) is 16.3. The van der Waals surface area contributed by atoms with Gasteiger partial charge in [0.05, 0.1) is 18.2 Å². The van der Waals surface area contributed by atoms with Gasteiger partial charge in [0.2, 0.25) is 0 Å². The van der Waals surface area contributed by atoms with E-state index in [1.807, 2.05) is 6.07 Å². The van der Waals surface area contributed by atoms with Gasteiger partial charge in [0.1, 0.15) is 0 Å². The first kappa shape index (κ1) is 19.6. The molecule has 1 heterocycles. The van der Waals surface area contributed by atoms with Crippen LogP contribution in [0.4, 0.5) is 5.69 Å². The molecule has 0 radical (unpaired) electrons. The average Bonchev–Trinajstić information content (AvgIpc) is 2.87. The lowest BCUT2D eigenvalue weighted by atomic mass is 9.92. The zero-order chi connectivity index (χ0) is 19.6. The van der Waals surface area contributed by atoms with Crippen LogP contribution in [0.3, 0.4) is 0 Å². The summed E-state index contributed by atoms with van der Waals surface area (Å²) in [4.78, 5) is 13.0. The molecular weight excluding hydrogens is 362 g/mol. The standard InChI is InChI=1S/C22H26ClNO3/c1-13(2)16-7-5-8-17(14(3)4)20(16)24-22(25)15-11-18(23)21-19(12-15)26-9-6-10-27-21/h5,7-8,11-14H,6,9-10H2,1-4H3,(H,24,25). The summed E-state index contributed by atoms with van der Waals surface area (Å²) < 4.78 is 11.3. The summed E-state index contributed by atoms with van der Waals surface area (Å²) in [6, 6.07) is 9.51. The van der Waals surface area contributed by atoms with Crippen LogP contribution in [0, 0.1) is 0 Å². The number of para-hydroxylation sites is 1. The molecule has 4 nitrogen and oxygen atoms in total. The summed E-state index contributed by atoms with van der Waals surface area (Å²) in [5.41, 5.74) is 3.58. The van der Waals surface area contributed by atoms with Crippen molar-refractivity contribution >= 4 is 23.2 Å².